The second-order valence-corrected chi connectivity index (χ2v) is 1.44. The predicted octanol–water partition coefficient (Wildman–Crippen LogP) is -1.62. The van der Waals surface area contributed by atoms with Crippen molar-refractivity contribution in [1.29, 1.82) is 0 Å². The van der Waals surface area contributed by atoms with Crippen LogP contribution in [0.2, 0.25) is 0 Å². The van der Waals surface area contributed by atoms with E-state index < -0.39 is 14.9 Å². The van der Waals surface area contributed by atoms with Crippen molar-refractivity contribution in [3.8, 4) is 0 Å². The molecule has 0 aromatic carbocycles. The van der Waals surface area contributed by atoms with Crippen LogP contribution >= 0.6 is 0 Å². The van der Waals surface area contributed by atoms with E-state index in [1.165, 1.54) is 0 Å². The first-order chi connectivity index (χ1) is 2.00. The van der Waals surface area contributed by atoms with Crippen LogP contribution in [0.15, 0.2) is 0 Å². The second kappa shape index (κ2) is 11.0. The van der Waals surface area contributed by atoms with E-state index in [9.17, 15) is 14.1 Å². The van der Waals surface area contributed by atoms with E-state index in [4.69, 9.17) is 0 Å². The Morgan fingerprint density at radius 3 is 0.556 bits per heavy atom. The van der Waals surface area contributed by atoms with Gasteiger partial charge in [0.25, 0.3) is 0 Å². The van der Waals surface area contributed by atoms with E-state index in [0.29, 0.717) is 0 Å². The number of rotatable bonds is 0. The van der Waals surface area contributed by atoms with Gasteiger partial charge in [-0.1, -0.05) is 0 Å². The van der Waals surface area contributed by atoms with Crippen LogP contribution in [0.1, 0.15) is 0 Å². The van der Waals surface area contributed by atoms with E-state index in [1.807, 2.05) is 0 Å². The van der Waals surface area contributed by atoms with Gasteiger partial charge in [-0.15, -0.1) is 0 Å². The normalized spacial score (nSPS) is 8.44. The molecule has 0 atom stereocenters. The molecule has 0 radical (unpaired) electrons. The van der Waals surface area contributed by atoms with Crippen LogP contribution < -0.4 is 0 Å². The van der Waals surface area contributed by atoms with Crippen LogP contribution in [0.5, 0.6) is 0 Å². The Morgan fingerprint density at radius 1 is 0.556 bits per heavy atom. The summed E-state index contributed by atoms with van der Waals surface area (Å²) < 4.78 is 39.4. The number of hydrogen-bond donors (Lipinski definition) is 0. The van der Waals surface area contributed by atoms with Gasteiger partial charge in [-0.05, 0) is 0 Å². The summed E-state index contributed by atoms with van der Waals surface area (Å²) in [5, 5.41) is 0. The van der Waals surface area contributed by atoms with Gasteiger partial charge in [0.15, 0.2) is 0 Å². The fourth-order valence-electron chi connectivity index (χ4n) is 0. The van der Waals surface area contributed by atoms with E-state index in [2.05, 4.69) is 0 Å². The molecule has 4 nitrogen and oxygen atoms in total. The van der Waals surface area contributed by atoms with Gasteiger partial charge in [0, 0.05) is 0 Å². The summed E-state index contributed by atoms with van der Waals surface area (Å²) in [5.74, 6) is 0. The van der Waals surface area contributed by atoms with Gasteiger partial charge >= 0.3 is 29.0 Å². The van der Waals surface area contributed by atoms with Crippen LogP contribution in [-0.4, -0.2) is 21.9 Å². The minimum absolute atomic E-state index is 0. The first-order valence-electron chi connectivity index (χ1n) is 0.617. The molecule has 0 aromatic heterocycles. The van der Waals surface area contributed by atoms with Gasteiger partial charge in [0.1, 0.15) is 0 Å². The molecule has 0 unspecified atom stereocenters. The minimum atomic E-state index is -6.75. The molecule has 66 valence electrons. The van der Waals surface area contributed by atoms with Crippen molar-refractivity contribution in [2.24, 2.45) is 0 Å². The maximum atomic E-state index is 9.84. The van der Waals surface area contributed by atoms with Crippen molar-refractivity contribution >= 4 is 0 Å². The van der Waals surface area contributed by atoms with E-state index in [1.54, 1.807) is 0 Å². The summed E-state index contributed by atoms with van der Waals surface area (Å²) in [6.07, 6.45) is 0. The van der Waals surface area contributed by atoms with Crippen molar-refractivity contribution in [3.05, 3.63) is 0 Å². The standard InChI is InChI=1S/Cr.4FH.4H2O/h;4*1H;4*1H2/q+4;;;;;;;;/p-4. The molecule has 0 aliphatic rings. The van der Waals surface area contributed by atoms with Gasteiger partial charge < -0.3 is 21.9 Å². The van der Waals surface area contributed by atoms with Crippen LogP contribution in [0.25, 0.3) is 0 Å². The van der Waals surface area contributed by atoms with Crippen molar-refractivity contribution < 1.29 is 50.9 Å². The van der Waals surface area contributed by atoms with Gasteiger partial charge in [-0.3, -0.25) is 0 Å². The average molecular weight is 200 g/mol. The average Bonchev–Trinajstić information content (AvgIpc) is 0.722. The zero-order valence-corrected chi connectivity index (χ0v) is 5.20. The van der Waals surface area contributed by atoms with Crippen molar-refractivity contribution in [2.75, 3.05) is 0 Å². The zero-order chi connectivity index (χ0) is 4.50. The summed E-state index contributed by atoms with van der Waals surface area (Å²) in [6.45, 7) is 0. The van der Waals surface area contributed by atoms with Crippen LogP contribution in [0, 0.1) is 0 Å². The van der Waals surface area contributed by atoms with Gasteiger partial charge in [0.2, 0.25) is 0 Å². The Balaban J connectivity index is -0.0000000133. The topological polar surface area (TPSA) is 126 Å². The van der Waals surface area contributed by atoms with Crippen molar-refractivity contribution in [3.63, 3.8) is 0 Å². The zero-order valence-electron chi connectivity index (χ0n) is 3.92. The summed E-state index contributed by atoms with van der Waals surface area (Å²) in [7, 11) is 0. The SMILES string of the molecule is O.O.O.O.[F][Cr]([F])([F])[F]. The van der Waals surface area contributed by atoms with Gasteiger partial charge in [-0.25, -0.2) is 0 Å². The fourth-order valence-corrected chi connectivity index (χ4v) is 0. The molecular formula is H8CrF4O4. The monoisotopic (exact) mass is 200 g/mol. The van der Waals surface area contributed by atoms with E-state index in [-0.39, 0.29) is 21.9 Å². The molecule has 9 heteroatoms. The molecular weight excluding hydrogens is 192 g/mol. The maximum absolute atomic E-state index is 9.84. The molecule has 0 bridgehead atoms. The van der Waals surface area contributed by atoms with Gasteiger partial charge in [0.05, 0.1) is 0 Å². The predicted molar refractivity (Wildman–Crippen MR) is 18.9 cm³/mol. The third-order valence-corrected chi connectivity index (χ3v) is 0. The summed E-state index contributed by atoms with van der Waals surface area (Å²) in [5.41, 5.74) is 0. The summed E-state index contributed by atoms with van der Waals surface area (Å²) in [6, 6.07) is 0. The Labute approximate surface area is 51.9 Å². The van der Waals surface area contributed by atoms with Crippen LogP contribution in [0.3, 0.4) is 0 Å². The number of hydrogen-bond acceptors (Lipinski definition) is 0. The molecule has 0 saturated carbocycles. The molecule has 9 heavy (non-hydrogen) atoms. The Kier molecular flexibility index (Phi) is 43.3. The molecule has 0 fully saturated rings. The molecule has 0 amide bonds. The first kappa shape index (κ1) is 35.6. The third-order valence-electron chi connectivity index (χ3n) is 0. The number of halogens is 4. The van der Waals surface area contributed by atoms with Crippen LogP contribution in [-0.2, 0) is 14.9 Å². The Hall–Kier alpha value is 0.0925. The second-order valence-electron chi connectivity index (χ2n) is 0.350. The fraction of sp³-hybridized carbons (Fsp3) is 0. The van der Waals surface area contributed by atoms with E-state index in [0.717, 1.165) is 0 Å². The quantitative estimate of drug-likeness (QED) is 0.416. The van der Waals surface area contributed by atoms with Crippen molar-refractivity contribution in [1.82, 2.24) is 0 Å². The molecule has 8 N–H and O–H groups in total. The van der Waals surface area contributed by atoms with Gasteiger partial charge in [-0.2, -0.15) is 0 Å². The van der Waals surface area contributed by atoms with E-state index >= 15 is 0 Å². The Morgan fingerprint density at radius 2 is 0.556 bits per heavy atom. The molecule has 0 aromatic rings. The molecule has 0 aliphatic carbocycles. The summed E-state index contributed by atoms with van der Waals surface area (Å²) in [4.78, 5) is 0. The Bertz CT molecular complexity index is 28.0. The van der Waals surface area contributed by atoms with Crippen LogP contribution in [0.4, 0.5) is 14.1 Å². The molecule has 0 rings (SSSR count). The molecule has 0 saturated heterocycles. The molecule has 0 heterocycles. The molecule has 0 aliphatic heterocycles. The summed E-state index contributed by atoms with van der Waals surface area (Å²) >= 11 is -6.75. The third kappa shape index (κ3) is 35100. The molecule has 0 spiro atoms. The first-order valence-corrected chi connectivity index (χ1v) is 2.54. The van der Waals surface area contributed by atoms with Crippen molar-refractivity contribution in [2.45, 2.75) is 0 Å².